The van der Waals surface area contributed by atoms with Crippen LogP contribution in [0.15, 0.2) is 47.1 Å². The molecule has 1 fully saturated rings. The standard InChI is InChI=1S/C25H38O4/c1-18(2)8-7-13-24(5)14-11-20(17-26)9-10-22-25(6,29-22)21(12-15-24)28-23(27)16-19(3)4/h8,11-12,15-16,21-22,26H,7,9-10,13-14,17H2,1-6H3/b15-12-,20-11+/t21-,22-,24+,25+/m1/s1. The van der Waals surface area contributed by atoms with E-state index in [0.717, 1.165) is 43.3 Å². The molecule has 2 rings (SSSR count). The Morgan fingerprint density at radius 1 is 1.28 bits per heavy atom. The Bertz CT molecular complexity index is 706. The minimum atomic E-state index is -0.507. The van der Waals surface area contributed by atoms with Gasteiger partial charge in [0.15, 0.2) is 6.10 Å². The van der Waals surface area contributed by atoms with Crippen LogP contribution in [0.5, 0.6) is 0 Å². The molecule has 0 aromatic carbocycles. The third kappa shape index (κ3) is 6.97. The van der Waals surface area contributed by atoms with Gasteiger partial charge in [0.25, 0.3) is 0 Å². The molecular weight excluding hydrogens is 364 g/mol. The zero-order valence-corrected chi connectivity index (χ0v) is 19.0. The topological polar surface area (TPSA) is 59.1 Å². The molecule has 1 aliphatic heterocycles. The first-order valence-electron chi connectivity index (χ1n) is 10.7. The van der Waals surface area contributed by atoms with Crippen LogP contribution < -0.4 is 0 Å². The lowest BCUT2D eigenvalue weighted by Crippen LogP contribution is -2.32. The summed E-state index contributed by atoms with van der Waals surface area (Å²) in [5, 5.41) is 9.77. The van der Waals surface area contributed by atoms with Gasteiger partial charge in [-0.05, 0) is 83.8 Å². The Morgan fingerprint density at radius 2 is 2.00 bits per heavy atom. The van der Waals surface area contributed by atoms with Crippen molar-refractivity contribution in [3.8, 4) is 0 Å². The number of hydrogen-bond acceptors (Lipinski definition) is 4. The van der Waals surface area contributed by atoms with Crippen molar-refractivity contribution < 1.29 is 19.4 Å². The second-order valence-corrected chi connectivity index (χ2v) is 9.47. The number of aliphatic hydroxyl groups excluding tert-OH is 1. The highest BCUT2D eigenvalue weighted by Crippen LogP contribution is 2.45. The first-order chi connectivity index (χ1) is 13.6. The fourth-order valence-electron chi connectivity index (χ4n) is 3.81. The second kappa shape index (κ2) is 9.90. The van der Waals surface area contributed by atoms with Crippen molar-refractivity contribution in [2.75, 3.05) is 6.61 Å². The van der Waals surface area contributed by atoms with Crippen LogP contribution in [-0.2, 0) is 14.3 Å². The lowest BCUT2D eigenvalue weighted by atomic mass is 9.80. The lowest BCUT2D eigenvalue weighted by Gasteiger charge is -2.26. The molecule has 29 heavy (non-hydrogen) atoms. The number of esters is 1. The van der Waals surface area contributed by atoms with Crippen molar-refractivity contribution in [2.24, 2.45) is 5.41 Å². The van der Waals surface area contributed by atoms with E-state index in [-0.39, 0.29) is 24.1 Å². The van der Waals surface area contributed by atoms with E-state index in [1.165, 1.54) is 11.6 Å². The van der Waals surface area contributed by atoms with E-state index in [0.29, 0.717) is 0 Å². The van der Waals surface area contributed by atoms with E-state index >= 15 is 0 Å². The summed E-state index contributed by atoms with van der Waals surface area (Å²) in [7, 11) is 0. The number of ether oxygens (including phenoxy) is 2. The summed E-state index contributed by atoms with van der Waals surface area (Å²) >= 11 is 0. The molecule has 0 saturated carbocycles. The summed E-state index contributed by atoms with van der Waals surface area (Å²) in [5.41, 5.74) is 2.70. The quantitative estimate of drug-likeness (QED) is 0.278. The summed E-state index contributed by atoms with van der Waals surface area (Å²) in [4.78, 5) is 12.3. The summed E-state index contributed by atoms with van der Waals surface area (Å²) in [5.74, 6) is -0.328. The van der Waals surface area contributed by atoms with Crippen LogP contribution >= 0.6 is 0 Å². The number of epoxide rings is 1. The third-order valence-electron chi connectivity index (χ3n) is 5.92. The largest absolute Gasteiger partial charge is 0.452 e. The predicted molar refractivity (Wildman–Crippen MR) is 118 cm³/mol. The molecule has 162 valence electrons. The normalized spacial score (nSPS) is 34.5. The van der Waals surface area contributed by atoms with Crippen LogP contribution in [0, 0.1) is 5.41 Å². The Balaban J connectivity index is 2.30. The van der Waals surface area contributed by atoms with Crippen LogP contribution in [0.25, 0.3) is 0 Å². The first-order valence-corrected chi connectivity index (χ1v) is 10.7. The van der Waals surface area contributed by atoms with Gasteiger partial charge in [0, 0.05) is 6.08 Å². The lowest BCUT2D eigenvalue weighted by molar-refractivity contribution is -0.143. The maximum atomic E-state index is 12.3. The van der Waals surface area contributed by atoms with E-state index in [4.69, 9.17) is 9.47 Å². The van der Waals surface area contributed by atoms with Crippen molar-refractivity contribution in [1.29, 1.82) is 0 Å². The summed E-state index contributed by atoms with van der Waals surface area (Å²) in [6, 6.07) is 0. The van der Waals surface area contributed by atoms with Gasteiger partial charge >= 0.3 is 5.97 Å². The zero-order valence-electron chi connectivity index (χ0n) is 19.0. The van der Waals surface area contributed by atoms with Gasteiger partial charge in [-0.25, -0.2) is 4.79 Å². The molecular formula is C25H38O4. The van der Waals surface area contributed by atoms with E-state index in [1.54, 1.807) is 0 Å². The van der Waals surface area contributed by atoms with Gasteiger partial charge in [0.2, 0.25) is 0 Å². The third-order valence-corrected chi connectivity index (χ3v) is 5.92. The number of aliphatic hydroxyl groups is 1. The number of allylic oxidation sites excluding steroid dienone is 5. The molecule has 2 aliphatic rings. The summed E-state index contributed by atoms with van der Waals surface area (Å²) in [6.45, 7) is 12.3. The van der Waals surface area contributed by atoms with E-state index in [1.807, 2.05) is 26.8 Å². The molecule has 0 aromatic rings. The van der Waals surface area contributed by atoms with E-state index in [9.17, 15) is 9.90 Å². The van der Waals surface area contributed by atoms with Crippen molar-refractivity contribution in [1.82, 2.24) is 0 Å². The van der Waals surface area contributed by atoms with Crippen molar-refractivity contribution in [3.63, 3.8) is 0 Å². The first kappa shape index (κ1) is 23.6. The summed E-state index contributed by atoms with van der Waals surface area (Å²) in [6.07, 6.45) is 14.2. The molecule has 0 amide bonds. The fraction of sp³-hybridized carbons (Fsp3) is 0.640. The van der Waals surface area contributed by atoms with Gasteiger partial charge in [0.05, 0.1) is 12.7 Å². The molecule has 0 bridgehead atoms. The highest BCUT2D eigenvalue weighted by Gasteiger charge is 2.58. The molecule has 4 atom stereocenters. The molecule has 1 saturated heterocycles. The van der Waals surface area contributed by atoms with Crippen LogP contribution in [0.2, 0.25) is 0 Å². The monoisotopic (exact) mass is 402 g/mol. The number of rotatable bonds is 6. The van der Waals surface area contributed by atoms with Crippen LogP contribution in [0.3, 0.4) is 0 Å². The van der Waals surface area contributed by atoms with Gasteiger partial charge in [-0.1, -0.05) is 36.3 Å². The predicted octanol–water partition coefficient (Wildman–Crippen LogP) is 5.43. The molecule has 0 aromatic heterocycles. The molecule has 1 aliphatic carbocycles. The SMILES string of the molecule is CC(C)=CCC[C@]1(C)/C=C\[C@@H](OC(=O)C=C(C)C)[C@]2(C)O[C@@H]2CC/C(CO)=C\C1. The molecule has 0 radical (unpaired) electrons. The van der Waals surface area contributed by atoms with Gasteiger partial charge in [-0.3, -0.25) is 0 Å². The van der Waals surface area contributed by atoms with Crippen molar-refractivity contribution in [3.05, 3.63) is 47.1 Å². The highest BCUT2D eigenvalue weighted by atomic mass is 16.6. The van der Waals surface area contributed by atoms with E-state index in [2.05, 4.69) is 39.0 Å². The number of fused-ring (bicyclic) bond motifs is 1. The van der Waals surface area contributed by atoms with E-state index < -0.39 is 11.7 Å². The number of carbonyl (C=O) groups excluding carboxylic acids is 1. The molecule has 1 heterocycles. The maximum absolute atomic E-state index is 12.3. The molecule has 0 unspecified atom stereocenters. The summed E-state index contributed by atoms with van der Waals surface area (Å²) < 4.78 is 11.8. The van der Waals surface area contributed by atoms with Gasteiger partial charge in [-0.15, -0.1) is 0 Å². The molecule has 4 heteroatoms. The van der Waals surface area contributed by atoms with Gasteiger partial charge in [-0.2, -0.15) is 0 Å². The Kier molecular flexibility index (Phi) is 8.07. The zero-order chi connectivity index (χ0) is 21.7. The minimum absolute atomic E-state index is 0.0293. The van der Waals surface area contributed by atoms with Crippen LogP contribution in [0.4, 0.5) is 0 Å². The smallest absolute Gasteiger partial charge is 0.331 e. The Morgan fingerprint density at radius 3 is 2.62 bits per heavy atom. The van der Waals surface area contributed by atoms with Crippen molar-refractivity contribution in [2.45, 2.75) is 91.5 Å². The fourth-order valence-corrected chi connectivity index (χ4v) is 3.81. The Hall–Kier alpha value is -1.65. The molecule has 4 nitrogen and oxygen atoms in total. The number of hydrogen-bond donors (Lipinski definition) is 1. The van der Waals surface area contributed by atoms with Gasteiger partial charge in [0.1, 0.15) is 5.60 Å². The van der Waals surface area contributed by atoms with Gasteiger partial charge < -0.3 is 14.6 Å². The highest BCUT2D eigenvalue weighted by molar-refractivity contribution is 5.83. The van der Waals surface area contributed by atoms with Crippen LogP contribution in [0.1, 0.15) is 73.6 Å². The minimum Gasteiger partial charge on any atom is -0.452 e. The maximum Gasteiger partial charge on any atom is 0.331 e. The van der Waals surface area contributed by atoms with Crippen molar-refractivity contribution >= 4 is 5.97 Å². The molecule has 1 N–H and O–H groups in total. The number of carbonyl (C=O) groups is 1. The average Bonchev–Trinajstić information content (AvgIpc) is 3.28. The average molecular weight is 403 g/mol. The second-order valence-electron chi connectivity index (χ2n) is 9.47. The van der Waals surface area contributed by atoms with Crippen LogP contribution in [-0.4, -0.2) is 35.5 Å². The Labute approximate surface area is 176 Å². The molecule has 0 spiro atoms.